The lowest BCUT2D eigenvalue weighted by Gasteiger charge is -2.06. The third kappa shape index (κ3) is 1.82. The van der Waals surface area contributed by atoms with Crippen molar-refractivity contribution in [2.75, 3.05) is 19.2 Å². The molecule has 0 aliphatic heterocycles. The summed E-state index contributed by atoms with van der Waals surface area (Å²) in [5.74, 6) is 1.19. The van der Waals surface area contributed by atoms with E-state index in [0.29, 0.717) is 17.1 Å². The molecule has 0 saturated heterocycles. The van der Waals surface area contributed by atoms with Crippen LogP contribution < -0.4 is 10.1 Å². The smallest absolute Gasteiger partial charge is 0.147 e. The van der Waals surface area contributed by atoms with Crippen molar-refractivity contribution >= 4 is 16.9 Å². The third-order valence-corrected chi connectivity index (χ3v) is 2.02. The highest BCUT2D eigenvalue weighted by Crippen LogP contribution is 2.22. The van der Waals surface area contributed by atoms with Gasteiger partial charge in [-0.3, -0.25) is 4.98 Å². The van der Waals surface area contributed by atoms with E-state index in [4.69, 9.17) is 9.84 Å². The molecule has 0 bridgehead atoms. The first-order valence-corrected chi connectivity index (χ1v) is 4.49. The number of aromatic nitrogens is 2. The summed E-state index contributed by atoms with van der Waals surface area (Å²) in [6, 6.07) is 5.53. The van der Waals surface area contributed by atoms with Gasteiger partial charge < -0.3 is 15.2 Å². The van der Waals surface area contributed by atoms with Gasteiger partial charge in [0.2, 0.25) is 0 Å². The summed E-state index contributed by atoms with van der Waals surface area (Å²) in [7, 11) is 1.59. The normalized spacial score (nSPS) is 10.3. The Hall–Kier alpha value is -1.88. The highest BCUT2D eigenvalue weighted by molar-refractivity contribution is 5.81. The summed E-state index contributed by atoms with van der Waals surface area (Å²) < 4.78 is 5.17. The highest BCUT2D eigenvalue weighted by atomic mass is 16.5. The fourth-order valence-electron chi connectivity index (χ4n) is 1.34. The molecule has 5 heteroatoms. The Morgan fingerprint density at radius 1 is 1.47 bits per heavy atom. The number of aliphatic hydroxyl groups excluding tert-OH is 1. The first kappa shape index (κ1) is 9.67. The number of nitrogens with zero attached hydrogens (tertiary/aromatic N) is 2. The van der Waals surface area contributed by atoms with E-state index in [2.05, 4.69) is 15.3 Å². The number of hydrogen-bond acceptors (Lipinski definition) is 5. The zero-order chi connectivity index (χ0) is 10.7. The van der Waals surface area contributed by atoms with Crippen LogP contribution in [0.25, 0.3) is 11.0 Å². The van der Waals surface area contributed by atoms with Gasteiger partial charge in [0.15, 0.2) is 0 Å². The summed E-state index contributed by atoms with van der Waals surface area (Å²) in [6.45, 7) is -0.171. The van der Waals surface area contributed by atoms with Gasteiger partial charge in [0.1, 0.15) is 23.8 Å². The van der Waals surface area contributed by atoms with Gasteiger partial charge in [-0.25, -0.2) is 4.98 Å². The Morgan fingerprint density at radius 2 is 2.33 bits per heavy atom. The van der Waals surface area contributed by atoms with Crippen LogP contribution in [0.1, 0.15) is 0 Å². The van der Waals surface area contributed by atoms with Crippen molar-refractivity contribution in [3.8, 4) is 5.75 Å². The van der Waals surface area contributed by atoms with Crippen LogP contribution in [0.2, 0.25) is 0 Å². The van der Waals surface area contributed by atoms with Crippen molar-refractivity contribution in [1.29, 1.82) is 0 Å². The topological polar surface area (TPSA) is 67.3 Å². The Bertz CT molecular complexity index is 473. The molecule has 5 nitrogen and oxygen atoms in total. The highest BCUT2D eigenvalue weighted by Gasteiger charge is 2.04. The van der Waals surface area contributed by atoms with Gasteiger partial charge in [0.05, 0.1) is 18.8 Å². The molecule has 78 valence electrons. The van der Waals surface area contributed by atoms with Gasteiger partial charge >= 0.3 is 0 Å². The van der Waals surface area contributed by atoms with Gasteiger partial charge in [-0.15, -0.1) is 0 Å². The van der Waals surface area contributed by atoms with E-state index < -0.39 is 0 Å². The van der Waals surface area contributed by atoms with Crippen LogP contribution in [-0.4, -0.2) is 28.9 Å². The molecule has 0 radical (unpaired) electrons. The maximum atomic E-state index is 8.71. The second-order valence-electron chi connectivity index (χ2n) is 2.92. The SMILES string of the molecule is COc1cccc2ncc(NCO)nc12. The van der Waals surface area contributed by atoms with Crippen LogP contribution in [0.5, 0.6) is 5.75 Å². The quantitative estimate of drug-likeness (QED) is 0.732. The largest absolute Gasteiger partial charge is 0.494 e. The predicted octanol–water partition coefficient (Wildman–Crippen LogP) is 1.00. The fraction of sp³-hybridized carbons (Fsp3) is 0.200. The predicted molar refractivity (Wildman–Crippen MR) is 56.8 cm³/mol. The van der Waals surface area contributed by atoms with Crippen LogP contribution in [0, 0.1) is 0 Å². The van der Waals surface area contributed by atoms with Gasteiger partial charge in [-0.2, -0.15) is 0 Å². The van der Waals surface area contributed by atoms with E-state index in [1.54, 1.807) is 13.3 Å². The number of nitrogens with one attached hydrogen (secondary N) is 1. The summed E-state index contributed by atoms with van der Waals surface area (Å²) in [5, 5.41) is 11.4. The molecule has 2 rings (SSSR count). The molecule has 0 saturated carbocycles. The molecule has 0 aliphatic carbocycles. The molecule has 1 aromatic carbocycles. The molecule has 0 fully saturated rings. The summed E-state index contributed by atoms with van der Waals surface area (Å²) in [6.07, 6.45) is 1.57. The molecular formula is C10H11N3O2. The van der Waals surface area contributed by atoms with Crippen molar-refractivity contribution in [2.24, 2.45) is 0 Å². The number of rotatable bonds is 3. The summed E-state index contributed by atoms with van der Waals surface area (Å²) in [5.41, 5.74) is 1.44. The maximum Gasteiger partial charge on any atom is 0.147 e. The van der Waals surface area contributed by atoms with Crippen LogP contribution in [0.3, 0.4) is 0 Å². The lowest BCUT2D eigenvalue weighted by atomic mass is 10.3. The lowest BCUT2D eigenvalue weighted by Crippen LogP contribution is -2.02. The van der Waals surface area contributed by atoms with Crippen molar-refractivity contribution in [2.45, 2.75) is 0 Å². The minimum Gasteiger partial charge on any atom is -0.494 e. The number of para-hydroxylation sites is 1. The first-order valence-electron chi connectivity index (χ1n) is 4.49. The number of anilines is 1. The van der Waals surface area contributed by atoms with Gasteiger partial charge in [0, 0.05) is 0 Å². The minimum absolute atomic E-state index is 0.171. The van der Waals surface area contributed by atoms with Crippen LogP contribution in [0.4, 0.5) is 5.82 Å². The third-order valence-electron chi connectivity index (χ3n) is 2.02. The zero-order valence-electron chi connectivity index (χ0n) is 8.27. The van der Waals surface area contributed by atoms with E-state index in [9.17, 15) is 0 Å². The average molecular weight is 205 g/mol. The zero-order valence-corrected chi connectivity index (χ0v) is 8.27. The van der Waals surface area contributed by atoms with Crippen molar-refractivity contribution in [1.82, 2.24) is 9.97 Å². The molecule has 2 N–H and O–H groups in total. The second-order valence-corrected chi connectivity index (χ2v) is 2.92. The van der Waals surface area contributed by atoms with E-state index in [0.717, 1.165) is 5.52 Å². The van der Waals surface area contributed by atoms with Crippen molar-refractivity contribution in [3.63, 3.8) is 0 Å². The average Bonchev–Trinajstić information content (AvgIpc) is 2.28. The molecule has 0 spiro atoms. The molecule has 0 aliphatic rings. The molecule has 0 unspecified atom stereocenters. The fourth-order valence-corrected chi connectivity index (χ4v) is 1.34. The molecule has 1 heterocycles. The molecule has 1 aromatic heterocycles. The Balaban J connectivity index is 2.57. The van der Waals surface area contributed by atoms with E-state index >= 15 is 0 Å². The van der Waals surface area contributed by atoms with Crippen LogP contribution >= 0.6 is 0 Å². The number of ether oxygens (including phenoxy) is 1. The maximum absolute atomic E-state index is 8.71. The van der Waals surface area contributed by atoms with E-state index in [1.165, 1.54) is 0 Å². The standard InChI is InChI=1S/C10H11N3O2/c1-15-8-4-2-3-7-10(8)13-9(5-11-7)12-6-14/h2-5,14H,6H2,1H3,(H,12,13). The molecular weight excluding hydrogens is 194 g/mol. The number of benzene rings is 1. The summed E-state index contributed by atoms with van der Waals surface area (Å²) in [4.78, 5) is 8.47. The Morgan fingerprint density at radius 3 is 3.07 bits per heavy atom. The number of fused-ring (bicyclic) bond motifs is 1. The van der Waals surface area contributed by atoms with Gasteiger partial charge in [0.25, 0.3) is 0 Å². The Labute approximate surface area is 86.7 Å². The number of methoxy groups -OCH3 is 1. The monoisotopic (exact) mass is 205 g/mol. The van der Waals surface area contributed by atoms with Crippen LogP contribution in [-0.2, 0) is 0 Å². The molecule has 2 aromatic rings. The molecule has 0 atom stereocenters. The van der Waals surface area contributed by atoms with E-state index in [-0.39, 0.29) is 6.73 Å². The first-order chi connectivity index (χ1) is 7.35. The summed E-state index contributed by atoms with van der Waals surface area (Å²) >= 11 is 0. The molecule has 15 heavy (non-hydrogen) atoms. The van der Waals surface area contributed by atoms with Gasteiger partial charge in [-0.05, 0) is 12.1 Å². The van der Waals surface area contributed by atoms with Crippen molar-refractivity contribution in [3.05, 3.63) is 24.4 Å². The van der Waals surface area contributed by atoms with Crippen molar-refractivity contribution < 1.29 is 9.84 Å². The minimum atomic E-state index is -0.171. The van der Waals surface area contributed by atoms with E-state index in [1.807, 2.05) is 18.2 Å². The number of aliphatic hydroxyl groups is 1. The number of hydrogen-bond donors (Lipinski definition) is 2. The lowest BCUT2D eigenvalue weighted by molar-refractivity contribution is 0.325. The van der Waals surface area contributed by atoms with Gasteiger partial charge in [-0.1, -0.05) is 6.07 Å². The Kier molecular flexibility index (Phi) is 2.64. The second kappa shape index (κ2) is 4.10. The van der Waals surface area contributed by atoms with Crippen LogP contribution in [0.15, 0.2) is 24.4 Å². The molecule has 0 amide bonds.